The fourth-order valence-corrected chi connectivity index (χ4v) is 2.27. The molecule has 0 saturated carbocycles. The summed E-state index contributed by atoms with van der Waals surface area (Å²) in [7, 11) is 1.98. The largest absolute Gasteiger partial charge is 0.316 e. The summed E-state index contributed by atoms with van der Waals surface area (Å²) in [5.41, 5.74) is 4.87. The molecule has 0 aliphatic carbocycles. The van der Waals surface area contributed by atoms with Gasteiger partial charge >= 0.3 is 0 Å². The highest BCUT2D eigenvalue weighted by atomic mass is 15.0. The Bertz CT molecular complexity index is 538. The molecule has 1 N–H and O–H groups in total. The highest BCUT2D eigenvalue weighted by Crippen LogP contribution is 2.23. The van der Waals surface area contributed by atoms with Crippen molar-refractivity contribution in [3.63, 3.8) is 0 Å². The van der Waals surface area contributed by atoms with Crippen molar-refractivity contribution in [2.24, 2.45) is 0 Å². The number of hydrogen-bond donors (Lipinski definition) is 1. The van der Waals surface area contributed by atoms with Crippen molar-refractivity contribution in [3.8, 4) is 0 Å². The van der Waals surface area contributed by atoms with E-state index in [1.165, 1.54) is 11.3 Å². The van der Waals surface area contributed by atoms with E-state index in [-0.39, 0.29) is 0 Å². The molecule has 0 radical (unpaired) electrons. The Morgan fingerprint density at radius 1 is 1.22 bits per heavy atom. The van der Waals surface area contributed by atoms with Gasteiger partial charge in [0.2, 0.25) is 0 Å². The van der Waals surface area contributed by atoms with Crippen LogP contribution in [0.5, 0.6) is 0 Å². The maximum Gasteiger partial charge on any atom is 0.141 e. The average molecular weight is 245 g/mol. The van der Waals surface area contributed by atoms with Crippen molar-refractivity contribution in [3.05, 3.63) is 35.3 Å². The molecule has 0 amide bonds. The third-order valence-electron chi connectivity index (χ3n) is 3.30. The Morgan fingerprint density at radius 3 is 2.50 bits per heavy atom. The third kappa shape index (κ3) is 2.27. The molecule has 2 aromatic rings. The van der Waals surface area contributed by atoms with Gasteiger partial charge in [-0.05, 0) is 31.0 Å². The van der Waals surface area contributed by atoms with E-state index in [0.717, 1.165) is 17.9 Å². The number of nitrogens with one attached hydrogen (secondary N) is 1. The number of hydrogen-bond acceptors (Lipinski definition) is 2. The lowest BCUT2D eigenvalue weighted by atomic mass is 10.1. The SMILES string of the molecule is CNCc1cc(C(C)C)n2ccc(C(C)C)nc12. The summed E-state index contributed by atoms with van der Waals surface area (Å²) in [5, 5.41) is 3.22. The molecule has 0 aromatic carbocycles. The van der Waals surface area contributed by atoms with Crippen LogP contribution in [-0.4, -0.2) is 16.4 Å². The molecule has 0 atom stereocenters. The molecule has 3 nitrogen and oxygen atoms in total. The van der Waals surface area contributed by atoms with Crippen molar-refractivity contribution in [2.75, 3.05) is 7.05 Å². The summed E-state index contributed by atoms with van der Waals surface area (Å²) in [4.78, 5) is 4.82. The van der Waals surface area contributed by atoms with Crippen molar-refractivity contribution in [2.45, 2.75) is 46.1 Å². The zero-order chi connectivity index (χ0) is 13.3. The van der Waals surface area contributed by atoms with Gasteiger partial charge in [0.05, 0.1) is 0 Å². The number of nitrogens with zero attached hydrogens (tertiary/aromatic N) is 2. The molecule has 2 aromatic heterocycles. The van der Waals surface area contributed by atoms with Gasteiger partial charge in [0.25, 0.3) is 0 Å². The first-order valence-electron chi connectivity index (χ1n) is 6.70. The second-order valence-electron chi connectivity index (χ2n) is 5.48. The van der Waals surface area contributed by atoms with Gasteiger partial charge < -0.3 is 9.72 Å². The predicted octanol–water partition coefficient (Wildman–Crippen LogP) is 3.30. The maximum atomic E-state index is 4.82. The summed E-state index contributed by atoms with van der Waals surface area (Å²) in [6.45, 7) is 9.68. The van der Waals surface area contributed by atoms with E-state index in [0.29, 0.717) is 11.8 Å². The van der Waals surface area contributed by atoms with Crippen molar-refractivity contribution < 1.29 is 0 Å². The van der Waals surface area contributed by atoms with Crippen molar-refractivity contribution in [1.82, 2.24) is 14.7 Å². The molecular formula is C15H23N3. The molecule has 0 aliphatic rings. The molecule has 0 fully saturated rings. The highest BCUT2D eigenvalue weighted by Gasteiger charge is 2.13. The van der Waals surface area contributed by atoms with Gasteiger partial charge in [0, 0.05) is 29.7 Å². The minimum Gasteiger partial charge on any atom is -0.316 e. The summed E-state index contributed by atoms with van der Waals surface area (Å²) < 4.78 is 2.23. The second-order valence-corrected chi connectivity index (χ2v) is 5.48. The molecule has 0 saturated heterocycles. The molecule has 98 valence electrons. The van der Waals surface area contributed by atoms with Crippen LogP contribution in [0.15, 0.2) is 18.3 Å². The second kappa shape index (κ2) is 5.11. The Balaban J connectivity index is 2.63. The average Bonchev–Trinajstić information content (AvgIpc) is 2.68. The van der Waals surface area contributed by atoms with Crippen LogP contribution in [0.25, 0.3) is 5.65 Å². The molecule has 3 heteroatoms. The molecule has 2 heterocycles. The minimum atomic E-state index is 0.467. The van der Waals surface area contributed by atoms with Crippen LogP contribution in [0.3, 0.4) is 0 Å². The lowest BCUT2D eigenvalue weighted by Crippen LogP contribution is -2.06. The van der Waals surface area contributed by atoms with Crippen LogP contribution < -0.4 is 5.32 Å². The Labute approximate surface area is 109 Å². The van der Waals surface area contributed by atoms with Gasteiger partial charge in [0.15, 0.2) is 0 Å². The third-order valence-corrected chi connectivity index (χ3v) is 3.30. The normalized spacial score (nSPS) is 11.9. The van der Waals surface area contributed by atoms with Gasteiger partial charge in [-0.1, -0.05) is 27.7 Å². The standard InChI is InChI=1S/C15H23N3/c1-10(2)13-6-7-18-14(11(3)4)8-12(9-16-5)15(18)17-13/h6-8,10-11,16H,9H2,1-5H3. The van der Waals surface area contributed by atoms with Crippen molar-refractivity contribution >= 4 is 5.65 Å². The van der Waals surface area contributed by atoms with Gasteiger partial charge in [-0.2, -0.15) is 0 Å². The fraction of sp³-hybridized carbons (Fsp3) is 0.533. The molecule has 0 bridgehead atoms. The van der Waals surface area contributed by atoms with E-state index in [9.17, 15) is 0 Å². The summed E-state index contributed by atoms with van der Waals surface area (Å²) in [6, 6.07) is 4.40. The Morgan fingerprint density at radius 2 is 1.94 bits per heavy atom. The smallest absolute Gasteiger partial charge is 0.141 e. The maximum absolute atomic E-state index is 4.82. The molecule has 2 rings (SSSR count). The number of aromatic nitrogens is 2. The van der Waals surface area contributed by atoms with Gasteiger partial charge in [-0.25, -0.2) is 4.98 Å². The molecule has 0 spiro atoms. The van der Waals surface area contributed by atoms with E-state index in [4.69, 9.17) is 4.98 Å². The van der Waals surface area contributed by atoms with Crippen LogP contribution in [0.2, 0.25) is 0 Å². The van der Waals surface area contributed by atoms with Gasteiger partial charge in [-0.3, -0.25) is 0 Å². The zero-order valence-corrected chi connectivity index (χ0v) is 12.0. The first kappa shape index (κ1) is 13.1. The number of rotatable bonds is 4. The lowest BCUT2D eigenvalue weighted by molar-refractivity contribution is 0.786. The Hall–Kier alpha value is -1.35. The molecule has 0 unspecified atom stereocenters. The summed E-state index contributed by atoms with van der Waals surface area (Å²) in [6.07, 6.45) is 2.16. The fourth-order valence-electron chi connectivity index (χ4n) is 2.27. The van der Waals surface area contributed by atoms with E-state index in [1.807, 2.05) is 7.05 Å². The molecular weight excluding hydrogens is 222 g/mol. The Kier molecular flexibility index (Phi) is 3.71. The van der Waals surface area contributed by atoms with Crippen LogP contribution >= 0.6 is 0 Å². The van der Waals surface area contributed by atoms with Crippen LogP contribution in [0.1, 0.15) is 56.5 Å². The quantitative estimate of drug-likeness (QED) is 0.895. The lowest BCUT2D eigenvalue weighted by Gasteiger charge is -2.09. The van der Waals surface area contributed by atoms with E-state index in [2.05, 4.69) is 55.7 Å². The topological polar surface area (TPSA) is 29.3 Å². The van der Waals surface area contributed by atoms with E-state index < -0.39 is 0 Å². The molecule has 18 heavy (non-hydrogen) atoms. The van der Waals surface area contributed by atoms with Gasteiger partial charge in [-0.15, -0.1) is 0 Å². The van der Waals surface area contributed by atoms with Crippen LogP contribution in [-0.2, 0) is 6.54 Å². The molecule has 0 aliphatic heterocycles. The van der Waals surface area contributed by atoms with Crippen LogP contribution in [0.4, 0.5) is 0 Å². The summed E-state index contributed by atoms with van der Waals surface area (Å²) in [5.74, 6) is 0.977. The van der Waals surface area contributed by atoms with Gasteiger partial charge in [0.1, 0.15) is 5.65 Å². The van der Waals surface area contributed by atoms with E-state index in [1.54, 1.807) is 0 Å². The zero-order valence-electron chi connectivity index (χ0n) is 12.0. The highest BCUT2D eigenvalue weighted by molar-refractivity contribution is 5.52. The number of fused-ring (bicyclic) bond motifs is 1. The minimum absolute atomic E-state index is 0.467. The first-order valence-corrected chi connectivity index (χ1v) is 6.70. The van der Waals surface area contributed by atoms with E-state index >= 15 is 0 Å². The predicted molar refractivity (Wildman–Crippen MR) is 76.1 cm³/mol. The van der Waals surface area contributed by atoms with Crippen LogP contribution in [0, 0.1) is 0 Å². The first-order chi connectivity index (χ1) is 8.54. The monoisotopic (exact) mass is 245 g/mol. The summed E-state index contributed by atoms with van der Waals surface area (Å²) >= 11 is 0. The van der Waals surface area contributed by atoms with Crippen molar-refractivity contribution in [1.29, 1.82) is 0 Å².